The third-order valence-corrected chi connectivity index (χ3v) is 5.76. The topological polar surface area (TPSA) is 38.4 Å². The number of hydrogen-bond donors (Lipinski definition) is 1. The van der Waals surface area contributed by atoms with E-state index in [1.54, 1.807) is 0 Å². The largest absolute Gasteiger partial charge is 0.386 e. The summed E-state index contributed by atoms with van der Waals surface area (Å²) in [6, 6.07) is 0. The van der Waals surface area contributed by atoms with E-state index in [1.807, 2.05) is 23.5 Å². The summed E-state index contributed by atoms with van der Waals surface area (Å²) in [5, 5.41) is 1.80. The lowest BCUT2D eigenvalue weighted by molar-refractivity contribution is 0.581. The summed E-state index contributed by atoms with van der Waals surface area (Å²) in [5.41, 5.74) is 6.00. The lowest BCUT2D eigenvalue weighted by Crippen LogP contribution is -2.37. The van der Waals surface area contributed by atoms with Gasteiger partial charge < -0.3 is 5.73 Å². The van der Waals surface area contributed by atoms with Gasteiger partial charge in [-0.05, 0) is 20.8 Å². The molecule has 1 rings (SSSR count). The molecule has 3 atom stereocenters. The number of thioether (sulfide) groups is 2. The van der Waals surface area contributed by atoms with Gasteiger partial charge in [-0.1, -0.05) is 13.8 Å². The van der Waals surface area contributed by atoms with Crippen molar-refractivity contribution >= 4 is 29.4 Å². The van der Waals surface area contributed by atoms with Gasteiger partial charge in [-0.15, -0.1) is 11.8 Å². The van der Waals surface area contributed by atoms with Crippen molar-refractivity contribution < 1.29 is 0 Å². The molecule has 4 heteroatoms. The van der Waals surface area contributed by atoms with E-state index in [0.29, 0.717) is 10.5 Å². The summed E-state index contributed by atoms with van der Waals surface area (Å²) in [4.78, 5) is 4.55. The van der Waals surface area contributed by atoms with Gasteiger partial charge >= 0.3 is 0 Å². The average molecular weight is 246 g/mol. The second-order valence-electron chi connectivity index (χ2n) is 5.08. The Morgan fingerprint density at radius 1 is 1.27 bits per heavy atom. The first-order valence-corrected chi connectivity index (χ1v) is 7.41. The Bertz CT molecular complexity index is 245. The highest BCUT2D eigenvalue weighted by Crippen LogP contribution is 2.35. The molecule has 1 saturated heterocycles. The van der Waals surface area contributed by atoms with Crippen LogP contribution in [0.2, 0.25) is 0 Å². The van der Waals surface area contributed by atoms with Crippen LogP contribution in [0.25, 0.3) is 0 Å². The van der Waals surface area contributed by atoms with Crippen LogP contribution in [0.5, 0.6) is 0 Å². The molecule has 88 valence electrons. The van der Waals surface area contributed by atoms with E-state index >= 15 is 0 Å². The first kappa shape index (κ1) is 13.2. The predicted octanol–water partition coefficient (Wildman–Crippen LogP) is 2.77. The fraction of sp³-hybridized carbons (Fsp3) is 0.909. The molecule has 0 aromatic rings. The van der Waals surface area contributed by atoms with Gasteiger partial charge in [-0.25, -0.2) is 0 Å². The second kappa shape index (κ2) is 5.00. The molecule has 3 unspecified atom stereocenters. The number of nitrogens with two attached hydrogens (primary N) is 1. The van der Waals surface area contributed by atoms with Crippen LogP contribution in [-0.2, 0) is 0 Å². The van der Waals surface area contributed by atoms with Crippen LogP contribution in [-0.4, -0.2) is 32.9 Å². The van der Waals surface area contributed by atoms with Gasteiger partial charge in [0.05, 0.1) is 10.8 Å². The fourth-order valence-corrected chi connectivity index (χ4v) is 4.23. The Morgan fingerprint density at radius 2 is 1.87 bits per heavy atom. The van der Waals surface area contributed by atoms with Crippen molar-refractivity contribution in [3.8, 4) is 0 Å². The van der Waals surface area contributed by atoms with Crippen LogP contribution in [0, 0.1) is 0 Å². The van der Waals surface area contributed by atoms with Crippen LogP contribution in [0.3, 0.4) is 0 Å². The molecule has 0 saturated carbocycles. The summed E-state index contributed by atoms with van der Waals surface area (Å²) >= 11 is 3.97. The summed E-state index contributed by atoms with van der Waals surface area (Å²) in [6.07, 6.45) is 0. The lowest BCUT2D eigenvalue weighted by Gasteiger charge is -2.31. The zero-order valence-electron chi connectivity index (χ0n) is 10.3. The molecule has 0 radical (unpaired) electrons. The summed E-state index contributed by atoms with van der Waals surface area (Å²) in [5.74, 6) is 1.92. The van der Waals surface area contributed by atoms with Crippen LogP contribution in [0.15, 0.2) is 4.99 Å². The molecule has 0 aromatic carbocycles. The third kappa shape index (κ3) is 4.27. The first-order valence-electron chi connectivity index (χ1n) is 5.42. The summed E-state index contributed by atoms with van der Waals surface area (Å²) in [6.45, 7) is 10.8. The zero-order chi connectivity index (χ0) is 11.6. The normalized spacial score (nSPS) is 34.2. The van der Waals surface area contributed by atoms with Crippen LogP contribution >= 0.6 is 23.5 Å². The molecular formula is C11H22N2S2. The highest BCUT2D eigenvalue weighted by Gasteiger charge is 2.28. The van der Waals surface area contributed by atoms with Gasteiger partial charge in [0, 0.05) is 16.3 Å². The molecule has 0 aromatic heterocycles. The van der Waals surface area contributed by atoms with Gasteiger partial charge in [0.2, 0.25) is 0 Å². The number of rotatable bonds is 1. The second-order valence-corrected chi connectivity index (χ2v) is 8.07. The molecule has 1 aliphatic rings. The Balaban J connectivity index is 2.62. The molecule has 1 heterocycles. The van der Waals surface area contributed by atoms with Crippen LogP contribution in [0.4, 0.5) is 0 Å². The molecule has 15 heavy (non-hydrogen) atoms. The Labute approximate surface area is 102 Å². The minimum absolute atomic E-state index is 0.0540. The minimum Gasteiger partial charge on any atom is -0.386 e. The minimum atomic E-state index is -0.0540. The molecule has 0 aliphatic carbocycles. The van der Waals surface area contributed by atoms with E-state index < -0.39 is 0 Å². The maximum atomic E-state index is 6.06. The lowest BCUT2D eigenvalue weighted by atomic mass is 10.1. The number of hydrogen-bond acceptors (Lipinski definition) is 3. The van der Waals surface area contributed by atoms with E-state index in [4.69, 9.17) is 5.73 Å². The van der Waals surface area contributed by atoms with Crippen molar-refractivity contribution in [2.24, 2.45) is 10.7 Å². The SMILES string of the molecule is CC1SCC(C(N)=NC(C)(C)C)SC1C. The molecule has 0 spiro atoms. The predicted molar refractivity (Wildman–Crippen MR) is 74.1 cm³/mol. The molecule has 1 aliphatic heterocycles. The van der Waals surface area contributed by atoms with Crippen molar-refractivity contribution in [1.82, 2.24) is 0 Å². The van der Waals surface area contributed by atoms with Crippen molar-refractivity contribution in [2.75, 3.05) is 5.75 Å². The average Bonchev–Trinajstić information content (AvgIpc) is 2.06. The van der Waals surface area contributed by atoms with Gasteiger partial charge in [0.15, 0.2) is 0 Å². The van der Waals surface area contributed by atoms with E-state index in [-0.39, 0.29) is 5.54 Å². The quantitative estimate of drug-likeness (QED) is 0.571. The number of nitrogens with zero attached hydrogens (tertiary/aromatic N) is 1. The van der Waals surface area contributed by atoms with Gasteiger partial charge in [0.25, 0.3) is 0 Å². The summed E-state index contributed by atoms with van der Waals surface area (Å²) in [7, 11) is 0. The molecule has 2 N–H and O–H groups in total. The molecular weight excluding hydrogens is 224 g/mol. The number of amidine groups is 1. The summed E-state index contributed by atoms with van der Waals surface area (Å²) < 4.78 is 0. The highest BCUT2D eigenvalue weighted by atomic mass is 32.2. The van der Waals surface area contributed by atoms with Crippen LogP contribution in [0.1, 0.15) is 34.6 Å². The van der Waals surface area contributed by atoms with Crippen molar-refractivity contribution in [2.45, 2.75) is 55.9 Å². The Hall–Kier alpha value is 0.170. The van der Waals surface area contributed by atoms with Crippen LogP contribution < -0.4 is 5.73 Å². The molecule has 0 bridgehead atoms. The van der Waals surface area contributed by atoms with Gasteiger partial charge in [-0.2, -0.15) is 11.8 Å². The van der Waals surface area contributed by atoms with Crippen molar-refractivity contribution in [3.05, 3.63) is 0 Å². The maximum absolute atomic E-state index is 6.06. The molecule has 2 nitrogen and oxygen atoms in total. The fourth-order valence-electron chi connectivity index (χ4n) is 1.40. The number of aliphatic imine (C=N–C) groups is 1. The molecule has 1 fully saturated rings. The standard InChI is InChI=1S/C11H22N2S2/c1-7-8(2)15-9(6-14-7)10(12)13-11(3,4)5/h7-9H,6H2,1-5H3,(H2,12,13). The first-order chi connectivity index (χ1) is 6.79. The van der Waals surface area contributed by atoms with Gasteiger partial charge in [0.1, 0.15) is 5.84 Å². The van der Waals surface area contributed by atoms with E-state index in [2.05, 4.69) is 39.6 Å². The van der Waals surface area contributed by atoms with Crippen molar-refractivity contribution in [3.63, 3.8) is 0 Å². The van der Waals surface area contributed by atoms with Crippen molar-refractivity contribution in [1.29, 1.82) is 0 Å². The van der Waals surface area contributed by atoms with E-state index in [9.17, 15) is 0 Å². The Kier molecular flexibility index (Phi) is 4.41. The van der Waals surface area contributed by atoms with E-state index in [1.165, 1.54) is 0 Å². The molecule has 0 amide bonds. The maximum Gasteiger partial charge on any atom is 0.108 e. The van der Waals surface area contributed by atoms with E-state index in [0.717, 1.165) is 16.8 Å². The monoisotopic (exact) mass is 246 g/mol. The zero-order valence-corrected chi connectivity index (χ0v) is 11.9. The van der Waals surface area contributed by atoms with Gasteiger partial charge in [-0.3, -0.25) is 4.99 Å². The highest BCUT2D eigenvalue weighted by molar-refractivity contribution is 8.08. The Morgan fingerprint density at radius 3 is 2.33 bits per heavy atom. The smallest absolute Gasteiger partial charge is 0.108 e. The third-order valence-electron chi connectivity index (χ3n) is 2.34.